The van der Waals surface area contributed by atoms with Crippen LogP contribution in [0.2, 0.25) is 0 Å². The van der Waals surface area contributed by atoms with E-state index < -0.39 is 0 Å². The fourth-order valence-corrected chi connectivity index (χ4v) is 4.36. The number of hydrogen-bond acceptors (Lipinski definition) is 3. The number of likely N-dealkylation sites (N-methyl/N-ethyl adjacent to an activating group) is 1. The van der Waals surface area contributed by atoms with E-state index in [2.05, 4.69) is 48.6 Å². The fraction of sp³-hybridized carbons (Fsp3) is 0.625. The molecule has 1 aromatic rings. The minimum absolute atomic E-state index is 0.416. The first-order valence-corrected chi connectivity index (χ1v) is 8.32. The van der Waals surface area contributed by atoms with E-state index in [1.54, 1.807) is 0 Å². The van der Waals surface area contributed by atoms with Gasteiger partial charge in [0.1, 0.15) is 0 Å². The lowest BCUT2D eigenvalue weighted by atomic mass is 9.75. The number of nitrogens with one attached hydrogen (secondary N) is 1. The van der Waals surface area contributed by atoms with Crippen LogP contribution in [0.25, 0.3) is 0 Å². The van der Waals surface area contributed by atoms with Crippen molar-refractivity contribution < 1.29 is 0 Å². The lowest BCUT2D eigenvalue weighted by Gasteiger charge is -2.48. The van der Waals surface area contributed by atoms with E-state index in [1.807, 2.05) is 11.8 Å². The van der Waals surface area contributed by atoms with Crippen molar-refractivity contribution in [2.45, 2.75) is 42.2 Å². The van der Waals surface area contributed by atoms with Crippen LogP contribution < -0.4 is 5.32 Å². The van der Waals surface area contributed by atoms with E-state index in [-0.39, 0.29) is 0 Å². The van der Waals surface area contributed by atoms with E-state index in [1.165, 1.54) is 41.9 Å². The highest BCUT2D eigenvalue weighted by atomic mass is 32.2. The van der Waals surface area contributed by atoms with E-state index in [9.17, 15) is 0 Å². The Labute approximate surface area is 121 Å². The van der Waals surface area contributed by atoms with Gasteiger partial charge in [-0.2, -0.15) is 0 Å². The molecule has 1 aliphatic heterocycles. The molecule has 1 aromatic carbocycles. The first-order valence-electron chi connectivity index (χ1n) is 7.34. The van der Waals surface area contributed by atoms with Gasteiger partial charge in [0.2, 0.25) is 0 Å². The van der Waals surface area contributed by atoms with Gasteiger partial charge in [0.15, 0.2) is 0 Å². The van der Waals surface area contributed by atoms with Gasteiger partial charge in [-0.15, -0.1) is 11.8 Å². The Hall–Kier alpha value is -0.510. The van der Waals surface area contributed by atoms with Crippen molar-refractivity contribution >= 4 is 11.8 Å². The number of benzene rings is 1. The molecule has 0 aromatic heterocycles. The molecule has 0 spiro atoms. The normalized spacial score (nSPS) is 24.9. The molecule has 104 valence electrons. The van der Waals surface area contributed by atoms with Crippen molar-refractivity contribution in [3.8, 4) is 0 Å². The molecule has 1 aliphatic carbocycles. The SMILES string of the molecule is CN(C)C1(CNC2CCSc3ccccc32)CCC1. The standard InChI is InChI=1S/C16H24N2S/c1-18(2)16(9-5-10-16)12-17-14-8-11-19-15-7-4-3-6-13(14)15/h3-4,6-7,14,17H,5,8-12H2,1-2H3. The summed E-state index contributed by atoms with van der Waals surface area (Å²) in [6, 6.07) is 9.43. The van der Waals surface area contributed by atoms with Crippen molar-refractivity contribution in [3.05, 3.63) is 29.8 Å². The zero-order chi connectivity index (χ0) is 13.3. The van der Waals surface area contributed by atoms with Gasteiger partial charge >= 0.3 is 0 Å². The Morgan fingerprint density at radius 3 is 2.79 bits per heavy atom. The monoisotopic (exact) mass is 276 g/mol. The minimum Gasteiger partial charge on any atom is -0.308 e. The van der Waals surface area contributed by atoms with Gasteiger partial charge in [0.05, 0.1) is 0 Å². The van der Waals surface area contributed by atoms with Gasteiger partial charge in [-0.05, 0) is 57.2 Å². The van der Waals surface area contributed by atoms with Crippen molar-refractivity contribution in [2.24, 2.45) is 0 Å². The highest BCUT2D eigenvalue weighted by molar-refractivity contribution is 7.99. The Balaban J connectivity index is 1.68. The lowest BCUT2D eigenvalue weighted by Crippen LogP contribution is -2.56. The summed E-state index contributed by atoms with van der Waals surface area (Å²) in [5, 5.41) is 3.85. The predicted octanol–water partition coefficient (Wildman–Crippen LogP) is 3.30. The van der Waals surface area contributed by atoms with Crippen molar-refractivity contribution in [1.29, 1.82) is 0 Å². The Morgan fingerprint density at radius 1 is 1.32 bits per heavy atom. The molecular formula is C16H24N2S. The summed E-state index contributed by atoms with van der Waals surface area (Å²) in [6.07, 6.45) is 5.33. The summed E-state index contributed by atoms with van der Waals surface area (Å²) in [7, 11) is 4.46. The van der Waals surface area contributed by atoms with Gasteiger partial charge in [-0.1, -0.05) is 18.2 Å². The third-order valence-electron chi connectivity index (χ3n) is 4.87. The first kappa shape index (κ1) is 13.5. The highest BCUT2D eigenvalue weighted by Gasteiger charge is 2.39. The Morgan fingerprint density at radius 2 is 2.11 bits per heavy atom. The van der Waals surface area contributed by atoms with Crippen LogP contribution in [0.15, 0.2) is 29.2 Å². The van der Waals surface area contributed by atoms with Gasteiger partial charge in [0.25, 0.3) is 0 Å². The third kappa shape index (κ3) is 2.56. The Bertz CT molecular complexity index is 440. The van der Waals surface area contributed by atoms with E-state index in [0.717, 1.165) is 6.54 Å². The largest absolute Gasteiger partial charge is 0.308 e. The second kappa shape index (κ2) is 5.47. The second-order valence-electron chi connectivity index (χ2n) is 6.08. The molecule has 19 heavy (non-hydrogen) atoms. The van der Waals surface area contributed by atoms with Crippen LogP contribution in [0, 0.1) is 0 Å². The van der Waals surface area contributed by atoms with Crippen LogP contribution in [-0.4, -0.2) is 36.8 Å². The van der Waals surface area contributed by atoms with Crippen molar-refractivity contribution in [1.82, 2.24) is 10.2 Å². The maximum atomic E-state index is 3.85. The van der Waals surface area contributed by atoms with Gasteiger partial charge in [-0.3, -0.25) is 0 Å². The highest BCUT2D eigenvalue weighted by Crippen LogP contribution is 2.39. The molecule has 1 saturated carbocycles. The molecule has 1 N–H and O–H groups in total. The molecule has 2 aliphatic rings. The molecule has 3 heteroatoms. The summed E-state index contributed by atoms with van der Waals surface area (Å²) in [4.78, 5) is 3.89. The summed E-state index contributed by atoms with van der Waals surface area (Å²) in [5.41, 5.74) is 1.92. The molecule has 0 bridgehead atoms. The molecule has 0 radical (unpaired) electrons. The number of thioether (sulfide) groups is 1. The van der Waals surface area contributed by atoms with Crippen LogP contribution in [0.1, 0.15) is 37.3 Å². The number of nitrogens with zero attached hydrogens (tertiary/aromatic N) is 1. The van der Waals surface area contributed by atoms with E-state index in [4.69, 9.17) is 0 Å². The van der Waals surface area contributed by atoms with Crippen molar-refractivity contribution in [2.75, 3.05) is 26.4 Å². The zero-order valence-electron chi connectivity index (χ0n) is 12.0. The van der Waals surface area contributed by atoms with Gasteiger partial charge in [0, 0.05) is 23.0 Å². The Kier molecular flexibility index (Phi) is 3.88. The van der Waals surface area contributed by atoms with Crippen molar-refractivity contribution in [3.63, 3.8) is 0 Å². The van der Waals surface area contributed by atoms with E-state index >= 15 is 0 Å². The predicted molar refractivity (Wildman–Crippen MR) is 82.8 cm³/mol. The molecule has 1 atom stereocenters. The molecular weight excluding hydrogens is 252 g/mol. The van der Waals surface area contributed by atoms with Crippen LogP contribution in [0.3, 0.4) is 0 Å². The average Bonchev–Trinajstić information content (AvgIpc) is 2.37. The molecule has 0 amide bonds. The van der Waals surface area contributed by atoms with Gasteiger partial charge < -0.3 is 10.2 Å². The average molecular weight is 276 g/mol. The number of hydrogen-bond donors (Lipinski definition) is 1. The molecule has 1 fully saturated rings. The maximum absolute atomic E-state index is 3.85. The quantitative estimate of drug-likeness (QED) is 0.908. The van der Waals surface area contributed by atoms with E-state index in [0.29, 0.717) is 11.6 Å². The summed E-state index contributed by atoms with van der Waals surface area (Å²) in [6.45, 7) is 1.13. The minimum atomic E-state index is 0.416. The second-order valence-corrected chi connectivity index (χ2v) is 7.22. The summed E-state index contributed by atoms with van der Waals surface area (Å²) in [5.74, 6) is 1.24. The molecule has 0 saturated heterocycles. The smallest absolute Gasteiger partial charge is 0.0340 e. The van der Waals surface area contributed by atoms with Crippen LogP contribution >= 0.6 is 11.8 Å². The molecule has 3 rings (SSSR count). The van der Waals surface area contributed by atoms with Crippen LogP contribution in [-0.2, 0) is 0 Å². The first-order chi connectivity index (χ1) is 9.21. The summed E-state index contributed by atoms with van der Waals surface area (Å²) < 4.78 is 0. The third-order valence-corrected chi connectivity index (χ3v) is 5.99. The van der Waals surface area contributed by atoms with Gasteiger partial charge in [-0.25, -0.2) is 0 Å². The molecule has 1 heterocycles. The number of fused-ring (bicyclic) bond motifs is 1. The molecule has 2 nitrogen and oxygen atoms in total. The lowest BCUT2D eigenvalue weighted by molar-refractivity contribution is 0.0568. The van der Waals surface area contributed by atoms with Crippen LogP contribution in [0.4, 0.5) is 0 Å². The zero-order valence-corrected chi connectivity index (χ0v) is 12.8. The topological polar surface area (TPSA) is 15.3 Å². The van der Waals surface area contributed by atoms with Crippen LogP contribution in [0.5, 0.6) is 0 Å². The summed E-state index contributed by atoms with van der Waals surface area (Å²) >= 11 is 2.00. The number of rotatable bonds is 4. The maximum Gasteiger partial charge on any atom is 0.0340 e. The fourth-order valence-electron chi connectivity index (χ4n) is 3.23. The molecule has 1 unspecified atom stereocenters.